The Labute approximate surface area is 154 Å². The average molecular weight is 361 g/mol. The van der Waals surface area contributed by atoms with Crippen molar-refractivity contribution in [2.75, 3.05) is 11.1 Å². The Hall–Kier alpha value is -3.74. The highest BCUT2D eigenvalue weighted by Gasteiger charge is 2.08. The van der Waals surface area contributed by atoms with Crippen LogP contribution in [-0.4, -0.2) is 15.0 Å². The fourth-order valence-corrected chi connectivity index (χ4v) is 2.59. The average Bonchev–Trinajstić information content (AvgIpc) is 2.67. The van der Waals surface area contributed by atoms with Crippen LogP contribution in [0.15, 0.2) is 67.0 Å². The second-order valence-corrected chi connectivity index (χ2v) is 5.89. The van der Waals surface area contributed by atoms with E-state index in [9.17, 15) is 4.39 Å². The van der Waals surface area contributed by atoms with Crippen molar-refractivity contribution in [1.29, 1.82) is 0 Å². The summed E-state index contributed by atoms with van der Waals surface area (Å²) in [5.74, 6) is 0.538. The molecule has 0 radical (unpaired) electrons. The minimum atomic E-state index is -0.334. The number of pyridine rings is 1. The molecule has 27 heavy (non-hydrogen) atoms. The van der Waals surface area contributed by atoms with Gasteiger partial charge in [-0.2, -0.15) is 0 Å². The number of fused-ring (bicyclic) bond motifs is 1. The Balaban J connectivity index is 1.59. The first-order valence-corrected chi connectivity index (χ1v) is 8.29. The molecule has 6 nitrogen and oxygen atoms in total. The third-order valence-electron chi connectivity index (χ3n) is 3.89. The summed E-state index contributed by atoms with van der Waals surface area (Å²) in [6.45, 7) is 0.302. The molecule has 7 heteroatoms. The second kappa shape index (κ2) is 7.25. The van der Waals surface area contributed by atoms with Crippen molar-refractivity contribution in [3.05, 3.63) is 78.5 Å². The highest BCUT2D eigenvalue weighted by Crippen LogP contribution is 2.28. The molecule has 0 atom stereocenters. The smallest absolute Gasteiger partial charge is 0.227 e. The lowest BCUT2D eigenvalue weighted by atomic mass is 10.2. The summed E-state index contributed by atoms with van der Waals surface area (Å²) in [6.07, 6.45) is 3.36. The van der Waals surface area contributed by atoms with Gasteiger partial charge in [-0.3, -0.25) is 4.98 Å². The van der Waals surface area contributed by atoms with Crippen LogP contribution in [0.25, 0.3) is 10.9 Å². The molecular formula is C20H16FN5O. The van der Waals surface area contributed by atoms with Gasteiger partial charge in [0.1, 0.15) is 18.2 Å². The quantitative estimate of drug-likeness (QED) is 0.521. The fourth-order valence-electron chi connectivity index (χ4n) is 2.59. The minimum Gasteiger partial charge on any atom is -0.485 e. The van der Waals surface area contributed by atoms with Crippen molar-refractivity contribution in [3.63, 3.8) is 0 Å². The van der Waals surface area contributed by atoms with E-state index in [0.29, 0.717) is 35.2 Å². The number of hydrogen-bond acceptors (Lipinski definition) is 6. The highest BCUT2D eigenvalue weighted by atomic mass is 19.1. The molecule has 2 aromatic carbocycles. The molecule has 0 bridgehead atoms. The topological polar surface area (TPSA) is 86.0 Å². The SMILES string of the molecule is Nc1cc2cnc(Nc3cccc(F)c3)nc2cc1OCc1ccccn1. The monoisotopic (exact) mass is 361 g/mol. The lowest BCUT2D eigenvalue weighted by molar-refractivity contribution is 0.303. The van der Waals surface area contributed by atoms with Gasteiger partial charge >= 0.3 is 0 Å². The molecule has 4 aromatic rings. The maximum absolute atomic E-state index is 13.3. The predicted molar refractivity (Wildman–Crippen MR) is 102 cm³/mol. The largest absolute Gasteiger partial charge is 0.485 e. The molecule has 0 spiro atoms. The summed E-state index contributed by atoms with van der Waals surface area (Å²) in [6, 6.07) is 15.2. The highest BCUT2D eigenvalue weighted by molar-refractivity contribution is 5.85. The normalized spacial score (nSPS) is 10.7. The van der Waals surface area contributed by atoms with Crippen LogP contribution in [-0.2, 0) is 6.61 Å². The predicted octanol–water partition coefficient (Wildman–Crippen LogP) is 4.07. The Kier molecular flexibility index (Phi) is 4.49. The van der Waals surface area contributed by atoms with Crippen LogP contribution in [0, 0.1) is 5.82 Å². The van der Waals surface area contributed by atoms with E-state index in [1.165, 1.54) is 12.1 Å². The molecule has 0 unspecified atom stereocenters. The van der Waals surface area contributed by atoms with Crippen molar-refractivity contribution in [2.24, 2.45) is 0 Å². The Bertz CT molecular complexity index is 1090. The molecule has 3 N–H and O–H groups in total. The molecule has 2 aromatic heterocycles. The summed E-state index contributed by atoms with van der Waals surface area (Å²) >= 11 is 0. The molecule has 4 rings (SSSR count). The van der Waals surface area contributed by atoms with Gasteiger partial charge < -0.3 is 15.8 Å². The van der Waals surface area contributed by atoms with Crippen LogP contribution in [0.3, 0.4) is 0 Å². The van der Waals surface area contributed by atoms with Gasteiger partial charge in [-0.1, -0.05) is 12.1 Å². The lowest BCUT2D eigenvalue weighted by Gasteiger charge is -2.11. The van der Waals surface area contributed by atoms with E-state index in [2.05, 4.69) is 20.3 Å². The van der Waals surface area contributed by atoms with Crippen LogP contribution in [0.1, 0.15) is 5.69 Å². The number of hydrogen-bond donors (Lipinski definition) is 2. The first-order chi connectivity index (χ1) is 13.2. The standard InChI is InChI=1S/C20H16FN5O/c21-14-4-3-6-15(9-14)25-20-24-11-13-8-17(22)19(10-18(13)26-20)27-12-16-5-1-2-7-23-16/h1-11H,12,22H2,(H,24,25,26). The molecule has 134 valence electrons. The summed E-state index contributed by atoms with van der Waals surface area (Å²) in [5, 5.41) is 3.76. The molecular weight excluding hydrogens is 345 g/mol. The van der Waals surface area contributed by atoms with Gasteiger partial charge in [-0.25, -0.2) is 14.4 Å². The van der Waals surface area contributed by atoms with Gasteiger partial charge in [-0.15, -0.1) is 0 Å². The van der Waals surface area contributed by atoms with Crippen molar-refractivity contribution in [2.45, 2.75) is 6.61 Å². The number of ether oxygens (including phenoxy) is 1. The van der Waals surface area contributed by atoms with E-state index >= 15 is 0 Å². The van der Waals surface area contributed by atoms with E-state index in [-0.39, 0.29) is 5.82 Å². The van der Waals surface area contributed by atoms with E-state index in [0.717, 1.165) is 11.1 Å². The van der Waals surface area contributed by atoms with Crippen LogP contribution < -0.4 is 15.8 Å². The molecule has 0 fully saturated rings. The van der Waals surface area contributed by atoms with Gasteiger partial charge in [0, 0.05) is 29.5 Å². The number of anilines is 3. The first-order valence-electron chi connectivity index (χ1n) is 8.29. The molecule has 0 saturated carbocycles. The van der Waals surface area contributed by atoms with Crippen molar-refractivity contribution in [1.82, 2.24) is 15.0 Å². The van der Waals surface area contributed by atoms with Gasteiger partial charge in [0.2, 0.25) is 5.95 Å². The second-order valence-electron chi connectivity index (χ2n) is 5.89. The third-order valence-corrected chi connectivity index (χ3v) is 3.89. The van der Waals surface area contributed by atoms with Crippen LogP contribution in [0.4, 0.5) is 21.7 Å². The number of nitrogens with two attached hydrogens (primary N) is 1. The lowest BCUT2D eigenvalue weighted by Crippen LogP contribution is -2.02. The molecule has 2 heterocycles. The van der Waals surface area contributed by atoms with Crippen molar-refractivity contribution >= 4 is 28.2 Å². The number of nitrogen functional groups attached to an aromatic ring is 1. The van der Waals surface area contributed by atoms with Crippen molar-refractivity contribution in [3.8, 4) is 5.75 Å². The number of nitrogens with one attached hydrogen (secondary N) is 1. The molecule has 0 saturated heterocycles. The maximum atomic E-state index is 13.3. The molecule has 0 aliphatic rings. The zero-order valence-corrected chi connectivity index (χ0v) is 14.3. The number of rotatable bonds is 5. The number of benzene rings is 2. The Morgan fingerprint density at radius 1 is 1.04 bits per heavy atom. The maximum Gasteiger partial charge on any atom is 0.227 e. The van der Waals surface area contributed by atoms with Gasteiger partial charge in [-0.05, 0) is 36.4 Å². The zero-order valence-electron chi connectivity index (χ0n) is 14.3. The van der Waals surface area contributed by atoms with Gasteiger partial charge in [0.05, 0.1) is 16.9 Å². The van der Waals surface area contributed by atoms with Gasteiger partial charge in [0.25, 0.3) is 0 Å². The molecule has 0 amide bonds. The minimum absolute atomic E-state index is 0.302. The van der Waals surface area contributed by atoms with Crippen LogP contribution >= 0.6 is 0 Å². The van der Waals surface area contributed by atoms with E-state index in [1.807, 2.05) is 18.2 Å². The Morgan fingerprint density at radius 3 is 2.78 bits per heavy atom. The molecule has 0 aliphatic heterocycles. The summed E-state index contributed by atoms with van der Waals surface area (Å²) < 4.78 is 19.1. The summed E-state index contributed by atoms with van der Waals surface area (Å²) in [7, 11) is 0. The van der Waals surface area contributed by atoms with Crippen molar-refractivity contribution < 1.29 is 9.13 Å². The van der Waals surface area contributed by atoms with Gasteiger partial charge in [0.15, 0.2) is 0 Å². The fraction of sp³-hybridized carbons (Fsp3) is 0.0500. The van der Waals surface area contributed by atoms with E-state index in [4.69, 9.17) is 10.5 Å². The van der Waals surface area contributed by atoms with Crippen LogP contribution in [0.2, 0.25) is 0 Å². The molecule has 0 aliphatic carbocycles. The van der Waals surface area contributed by atoms with Crippen LogP contribution in [0.5, 0.6) is 5.75 Å². The van der Waals surface area contributed by atoms with E-state index < -0.39 is 0 Å². The summed E-state index contributed by atoms with van der Waals surface area (Å²) in [5.41, 5.74) is 8.59. The summed E-state index contributed by atoms with van der Waals surface area (Å²) in [4.78, 5) is 12.9. The zero-order chi connectivity index (χ0) is 18.6. The number of nitrogens with zero attached hydrogens (tertiary/aromatic N) is 3. The first kappa shape index (κ1) is 16.7. The third kappa shape index (κ3) is 3.92. The Morgan fingerprint density at radius 2 is 1.96 bits per heavy atom. The van der Waals surface area contributed by atoms with E-state index in [1.54, 1.807) is 36.7 Å². The number of halogens is 1. The number of aromatic nitrogens is 3.